The molecule has 0 saturated heterocycles. The van der Waals surface area contributed by atoms with Gasteiger partial charge in [-0.25, -0.2) is 4.79 Å². The molecule has 0 saturated carbocycles. The summed E-state index contributed by atoms with van der Waals surface area (Å²) >= 11 is 0. The first kappa shape index (κ1) is 13.7. The van der Waals surface area contributed by atoms with Gasteiger partial charge in [-0.1, -0.05) is 6.92 Å². The van der Waals surface area contributed by atoms with Crippen molar-refractivity contribution in [1.29, 1.82) is 0 Å². The van der Waals surface area contributed by atoms with Crippen molar-refractivity contribution in [2.45, 2.75) is 26.4 Å². The van der Waals surface area contributed by atoms with Crippen molar-refractivity contribution < 1.29 is 19.1 Å². The van der Waals surface area contributed by atoms with E-state index < -0.39 is 5.97 Å². The minimum Gasteiger partial charge on any atom is -0.475 e. The second kappa shape index (κ2) is 6.42. The third-order valence-electron chi connectivity index (χ3n) is 2.67. The van der Waals surface area contributed by atoms with Crippen LogP contribution in [-0.2, 0) is 11.3 Å². The first-order valence-corrected chi connectivity index (χ1v) is 5.63. The molecule has 1 unspecified atom stereocenters. The van der Waals surface area contributed by atoms with Crippen LogP contribution in [0, 0.1) is 0 Å². The van der Waals surface area contributed by atoms with Crippen molar-refractivity contribution in [3.63, 3.8) is 0 Å². The molecule has 5 heteroatoms. The molecular weight excluding hydrogens is 222 g/mol. The van der Waals surface area contributed by atoms with Crippen LogP contribution in [0.3, 0.4) is 0 Å². The monoisotopic (exact) mass is 241 g/mol. The van der Waals surface area contributed by atoms with Crippen molar-refractivity contribution in [2.75, 3.05) is 20.3 Å². The van der Waals surface area contributed by atoms with Crippen molar-refractivity contribution in [1.82, 2.24) is 4.90 Å². The molecule has 0 amide bonds. The van der Waals surface area contributed by atoms with E-state index in [0.717, 1.165) is 6.54 Å². The lowest BCUT2D eigenvalue weighted by Crippen LogP contribution is -2.35. The summed E-state index contributed by atoms with van der Waals surface area (Å²) in [6.07, 6.45) is 0. The maximum absolute atomic E-state index is 10.7. The molecule has 5 nitrogen and oxygen atoms in total. The van der Waals surface area contributed by atoms with Gasteiger partial charge in [-0.15, -0.1) is 0 Å². The van der Waals surface area contributed by atoms with Gasteiger partial charge in [0.15, 0.2) is 0 Å². The number of aromatic carboxylic acids is 1. The molecule has 0 spiro atoms. The van der Waals surface area contributed by atoms with Crippen LogP contribution in [0.1, 0.15) is 30.2 Å². The summed E-state index contributed by atoms with van der Waals surface area (Å²) in [5.41, 5.74) is 0. The van der Waals surface area contributed by atoms with Crippen molar-refractivity contribution in [3.8, 4) is 0 Å². The summed E-state index contributed by atoms with van der Waals surface area (Å²) in [6.45, 7) is 6.20. The Balaban J connectivity index is 2.63. The van der Waals surface area contributed by atoms with Crippen LogP contribution in [0.15, 0.2) is 16.5 Å². The quantitative estimate of drug-likeness (QED) is 0.789. The Bertz CT molecular complexity index is 361. The Kier molecular flexibility index (Phi) is 5.18. The van der Waals surface area contributed by atoms with Crippen LogP contribution in [0.5, 0.6) is 0 Å². The minimum atomic E-state index is -1.04. The van der Waals surface area contributed by atoms with Gasteiger partial charge in [0.2, 0.25) is 5.76 Å². The van der Waals surface area contributed by atoms with Crippen molar-refractivity contribution in [2.24, 2.45) is 0 Å². The molecule has 1 aromatic rings. The van der Waals surface area contributed by atoms with Gasteiger partial charge in [0.25, 0.3) is 0 Å². The zero-order valence-electron chi connectivity index (χ0n) is 10.5. The van der Waals surface area contributed by atoms with Gasteiger partial charge in [-0.2, -0.15) is 0 Å². The van der Waals surface area contributed by atoms with E-state index >= 15 is 0 Å². The highest BCUT2D eigenvalue weighted by Crippen LogP contribution is 2.12. The van der Waals surface area contributed by atoms with E-state index in [-0.39, 0.29) is 11.8 Å². The number of rotatable bonds is 7. The molecule has 0 radical (unpaired) electrons. The van der Waals surface area contributed by atoms with Gasteiger partial charge >= 0.3 is 5.97 Å². The Labute approximate surface area is 101 Å². The van der Waals surface area contributed by atoms with Gasteiger partial charge in [0.1, 0.15) is 5.76 Å². The van der Waals surface area contributed by atoms with Gasteiger partial charge in [-0.3, -0.25) is 4.90 Å². The van der Waals surface area contributed by atoms with E-state index in [9.17, 15) is 4.79 Å². The zero-order chi connectivity index (χ0) is 12.8. The van der Waals surface area contributed by atoms with E-state index in [2.05, 4.69) is 11.8 Å². The highest BCUT2D eigenvalue weighted by molar-refractivity contribution is 5.84. The van der Waals surface area contributed by atoms with Crippen LogP contribution < -0.4 is 0 Å². The fourth-order valence-electron chi connectivity index (χ4n) is 1.70. The maximum Gasteiger partial charge on any atom is 0.371 e. The zero-order valence-corrected chi connectivity index (χ0v) is 10.5. The van der Waals surface area contributed by atoms with Crippen LogP contribution in [0.25, 0.3) is 0 Å². The van der Waals surface area contributed by atoms with Crippen LogP contribution >= 0.6 is 0 Å². The SMILES string of the molecule is CCN(Cc1ccc(C(=O)O)o1)C(C)COC. The number of furan rings is 1. The molecule has 1 heterocycles. The highest BCUT2D eigenvalue weighted by Gasteiger charge is 2.15. The van der Waals surface area contributed by atoms with E-state index in [1.54, 1.807) is 13.2 Å². The first-order chi connectivity index (χ1) is 8.08. The Morgan fingerprint density at radius 3 is 2.76 bits per heavy atom. The number of nitrogens with zero attached hydrogens (tertiary/aromatic N) is 1. The maximum atomic E-state index is 10.7. The number of ether oxygens (including phenoxy) is 1. The number of hydrogen-bond acceptors (Lipinski definition) is 4. The number of carbonyl (C=O) groups is 1. The largest absolute Gasteiger partial charge is 0.475 e. The fourth-order valence-corrected chi connectivity index (χ4v) is 1.70. The second-order valence-electron chi connectivity index (χ2n) is 3.94. The van der Waals surface area contributed by atoms with Crippen LogP contribution in [0.4, 0.5) is 0 Å². The molecule has 96 valence electrons. The van der Waals surface area contributed by atoms with E-state index in [1.165, 1.54) is 6.07 Å². The molecule has 0 aliphatic carbocycles. The topological polar surface area (TPSA) is 62.9 Å². The molecule has 1 N–H and O–H groups in total. The van der Waals surface area contributed by atoms with Crippen molar-refractivity contribution in [3.05, 3.63) is 23.7 Å². The lowest BCUT2D eigenvalue weighted by molar-refractivity contribution is 0.0652. The molecule has 1 atom stereocenters. The fraction of sp³-hybridized carbons (Fsp3) is 0.583. The number of hydrogen-bond donors (Lipinski definition) is 1. The average Bonchev–Trinajstić information content (AvgIpc) is 2.74. The van der Waals surface area contributed by atoms with Gasteiger partial charge < -0.3 is 14.3 Å². The molecule has 0 fully saturated rings. The lowest BCUT2D eigenvalue weighted by Gasteiger charge is -2.26. The molecule has 17 heavy (non-hydrogen) atoms. The number of carboxylic acids is 1. The van der Waals surface area contributed by atoms with Gasteiger partial charge in [0, 0.05) is 13.2 Å². The smallest absolute Gasteiger partial charge is 0.371 e. The van der Waals surface area contributed by atoms with E-state index in [0.29, 0.717) is 18.9 Å². The summed E-state index contributed by atoms with van der Waals surface area (Å²) < 4.78 is 10.3. The molecular formula is C12H19NO4. The summed E-state index contributed by atoms with van der Waals surface area (Å²) in [4.78, 5) is 12.8. The molecule has 0 aromatic carbocycles. The highest BCUT2D eigenvalue weighted by atomic mass is 16.5. The van der Waals surface area contributed by atoms with Crippen molar-refractivity contribution >= 4 is 5.97 Å². The standard InChI is InChI=1S/C12H19NO4/c1-4-13(9(2)8-16-3)7-10-5-6-11(17-10)12(14)15/h5-6,9H,4,7-8H2,1-3H3,(H,14,15). The first-order valence-electron chi connectivity index (χ1n) is 5.63. The summed E-state index contributed by atoms with van der Waals surface area (Å²) in [5.74, 6) is -0.396. The predicted octanol–water partition coefficient (Wildman–Crippen LogP) is 1.83. The molecule has 0 aliphatic heterocycles. The number of likely N-dealkylation sites (N-methyl/N-ethyl adjacent to an activating group) is 1. The molecule has 1 rings (SSSR count). The predicted molar refractivity (Wildman–Crippen MR) is 63.1 cm³/mol. The summed E-state index contributed by atoms with van der Waals surface area (Å²) in [5, 5.41) is 8.76. The van der Waals surface area contributed by atoms with E-state index in [1.807, 2.05) is 6.92 Å². The Morgan fingerprint density at radius 1 is 1.59 bits per heavy atom. The molecule has 1 aromatic heterocycles. The lowest BCUT2D eigenvalue weighted by atomic mass is 10.2. The van der Waals surface area contributed by atoms with Crippen LogP contribution in [0.2, 0.25) is 0 Å². The summed E-state index contributed by atoms with van der Waals surface area (Å²) in [6, 6.07) is 3.45. The number of carboxylic acid groups (broad SMARTS) is 1. The third kappa shape index (κ3) is 3.87. The number of methoxy groups -OCH3 is 1. The van der Waals surface area contributed by atoms with Gasteiger partial charge in [0.05, 0.1) is 13.2 Å². The second-order valence-corrected chi connectivity index (χ2v) is 3.94. The Hall–Kier alpha value is -1.33. The Morgan fingerprint density at radius 2 is 2.29 bits per heavy atom. The molecule has 0 aliphatic rings. The minimum absolute atomic E-state index is 0.0181. The summed E-state index contributed by atoms with van der Waals surface area (Å²) in [7, 11) is 1.67. The average molecular weight is 241 g/mol. The van der Waals surface area contributed by atoms with Gasteiger partial charge in [-0.05, 0) is 25.6 Å². The van der Waals surface area contributed by atoms with Crippen LogP contribution in [-0.4, -0.2) is 42.3 Å². The molecule has 0 bridgehead atoms. The third-order valence-corrected chi connectivity index (χ3v) is 2.67. The van der Waals surface area contributed by atoms with E-state index in [4.69, 9.17) is 14.3 Å². The normalized spacial score (nSPS) is 12.9.